The lowest BCUT2D eigenvalue weighted by Crippen LogP contribution is -2.53. The van der Waals surface area contributed by atoms with E-state index in [2.05, 4.69) is 9.97 Å². The molecular weight excluding hydrogens is 485 g/mol. The van der Waals surface area contributed by atoms with Crippen LogP contribution < -0.4 is 0 Å². The highest BCUT2D eigenvalue weighted by Crippen LogP contribution is 2.54. The lowest BCUT2D eigenvalue weighted by Gasteiger charge is -2.51. The zero-order chi connectivity index (χ0) is 25.2. The Labute approximate surface area is 214 Å². The van der Waals surface area contributed by atoms with E-state index >= 15 is 0 Å². The molecule has 1 aromatic heterocycles. The fourth-order valence-corrected chi connectivity index (χ4v) is 5.58. The van der Waals surface area contributed by atoms with Crippen molar-refractivity contribution >= 4 is 35.1 Å². The van der Waals surface area contributed by atoms with E-state index in [1.165, 1.54) is 0 Å². The van der Waals surface area contributed by atoms with E-state index in [0.29, 0.717) is 28.6 Å². The van der Waals surface area contributed by atoms with Crippen LogP contribution in [0.5, 0.6) is 0 Å². The third kappa shape index (κ3) is 5.19. The number of aliphatic carboxylic acids is 1. The molecule has 0 saturated carbocycles. The molecule has 1 aliphatic heterocycles. The molecule has 182 valence electrons. The number of piperidine rings is 1. The van der Waals surface area contributed by atoms with Crippen LogP contribution in [0, 0.1) is 5.41 Å². The quantitative estimate of drug-likeness (QED) is 0.392. The molecule has 1 N–H and O–H groups in total. The summed E-state index contributed by atoms with van der Waals surface area (Å²) < 4.78 is 0. The van der Waals surface area contributed by atoms with Gasteiger partial charge in [0.1, 0.15) is 0 Å². The number of benzene rings is 2. The van der Waals surface area contributed by atoms with Crippen LogP contribution in [0.4, 0.5) is 0 Å². The number of hydrogen-bond donors (Lipinski definition) is 1. The van der Waals surface area contributed by atoms with Crippen molar-refractivity contribution in [2.75, 3.05) is 0 Å². The Balaban J connectivity index is 1.95. The van der Waals surface area contributed by atoms with Gasteiger partial charge in [-0.15, -0.1) is 0 Å². The second kappa shape index (κ2) is 10.3. The standard InChI is InChI=1S/C27H27Cl2N3O3/c1-3-23(22-16-30-11-12-31-22)32-25(17-7-9-19(28)10-8-17)21(18-5-4-6-20(29)13-18)14-27(2,26(32)35)15-24(33)34/h4-13,16,21,23,25H,3,14-15H2,1-2H3,(H,33,34)/t21-,23?,25-,27-/m1/s1. The van der Waals surface area contributed by atoms with Gasteiger partial charge in [0.25, 0.3) is 0 Å². The van der Waals surface area contributed by atoms with Crippen LogP contribution in [0.25, 0.3) is 0 Å². The second-order valence-electron chi connectivity index (χ2n) is 9.26. The van der Waals surface area contributed by atoms with Crippen LogP contribution in [0.15, 0.2) is 67.1 Å². The van der Waals surface area contributed by atoms with Crippen molar-refractivity contribution in [3.05, 3.63) is 94.0 Å². The molecule has 2 aromatic carbocycles. The van der Waals surface area contributed by atoms with Crippen molar-refractivity contribution in [1.29, 1.82) is 0 Å². The summed E-state index contributed by atoms with van der Waals surface area (Å²) in [7, 11) is 0. The van der Waals surface area contributed by atoms with Gasteiger partial charge in [-0.3, -0.25) is 19.6 Å². The van der Waals surface area contributed by atoms with E-state index in [-0.39, 0.29) is 24.3 Å². The van der Waals surface area contributed by atoms with Crippen molar-refractivity contribution in [3.8, 4) is 0 Å². The fraction of sp³-hybridized carbons (Fsp3) is 0.333. The number of rotatable bonds is 7. The molecule has 1 fully saturated rings. The van der Waals surface area contributed by atoms with Crippen LogP contribution in [0.3, 0.4) is 0 Å². The second-order valence-corrected chi connectivity index (χ2v) is 10.1. The molecule has 4 rings (SSSR count). The molecule has 0 radical (unpaired) electrons. The predicted molar refractivity (Wildman–Crippen MR) is 135 cm³/mol. The molecule has 4 atom stereocenters. The van der Waals surface area contributed by atoms with Crippen LogP contribution in [0.2, 0.25) is 10.0 Å². The summed E-state index contributed by atoms with van der Waals surface area (Å²) in [5.41, 5.74) is 1.40. The SMILES string of the molecule is CCC(c1cnccn1)N1C(=O)[C@@](C)(CC(=O)O)C[C@H](c2cccc(Cl)c2)[C@H]1c1ccc(Cl)cc1. The molecule has 35 heavy (non-hydrogen) atoms. The van der Waals surface area contributed by atoms with Gasteiger partial charge >= 0.3 is 5.97 Å². The zero-order valence-corrected chi connectivity index (χ0v) is 21.1. The minimum Gasteiger partial charge on any atom is -0.481 e. The van der Waals surface area contributed by atoms with Gasteiger partial charge in [-0.1, -0.05) is 61.3 Å². The number of halogens is 2. The van der Waals surface area contributed by atoms with E-state index in [0.717, 1.165) is 11.1 Å². The van der Waals surface area contributed by atoms with Gasteiger partial charge in [-0.2, -0.15) is 0 Å². The minimum atomic E-state index is -1.11. The number of likely N-dealkylation sites (tertiary alicyclic amines) is 1. The average Bonchev–Trinajstić information content (AvgIpc) is 2.83. The number of carbonyl (C=O) groups excluding carboxylic acids is 1. The van der Waals surface area contributed by atoms with Gasteiger partial charge in [0.15, 0.2) is 0 Å². The summed E-state index contributed by atoms with van der Waals surface area (Å²) >= 11 is 12.6. The molecule has 1 unspecified atom stereocenters. The summed E-state index contributed by atoms with van der Waals surface area (Å²) in [6.07, 6.45) is 5.53. The first kappa shape index (κ1) is 25.1. The van der Waals surface area contributed by atoms with Crippen LogP contribution in [-0.4, -0.2) is 31.9 Å². The molecule has 1 saturated heterocycles. The average molecular weight is 512 g/mol. The first-order valence-corrected chi connectivity index (χ1v) is 12.3. The molecule has 6 nitrogen and oxygen atoms in total. The molecule has 1 aliphatic rings. The smallest absolute Gasteiger partial charge is 0.304 e. The normalized spacial score (nSPS) is 23.2. The van der Waals surface area contributed by atoms with E-state index in [4.69, 9.17) is 23.2 Å². The summed E-state index contributed by atoms with van der Waals surface area (Å²) in [6.45, 7) is 3.73. The van der Waals surface area contributed by atoms with E-state index in [9.17, 15) is 14.7 Å². The largest absolute Gasteiger partial charge is 0.481 e. The number of carboxylic acids is 1. The molecule has 0 aliphatic carbocycles. The Bertz CT molecular complexity index is 1210. The highest BCUT2D eigenvalue weighted by Gasteiger charge is 2.52. The Morgan fingerprint density at radius 3 is 2.49 bits per heavy atom. The maximum Gasteiger partial charge on any atom is 0.304 e. The highest BCUT2D eigenvalue weighted by molar-refractivity contribution is 6.30. The molecule has 3 aromatic rings. The number of nitrogens with zero attached hydrogens (tertiary/aromatic N) is 3. The molecule has 1 amide bonds. The summed E-state index contributed by atoms with van der Waals surface area (Å²) in [6, 6.07) is 14.3. The Kier molecular flexibility index (Phi) is 7.43. The van der Waals surface area contributed by atoms with Crippen molar-refractivity contribution < 1.29 is 14.7 Å². The van der Waals surface area contributed by atoms with Crippen molar-refractivity contribution in [3.63, 3.8) is 0 Å². The van der Waals surface area contributed by atoms with E-state index in [1.54, 1.807) is 31.6 Å². The van der Waals surface area contributed by atoms with Crippen molar-refractivity contribution in [1.82, 2.24) is 14.9 Å². The van der Waals surface area contributed by atoms with Gasteiger partial charge in [0, 0.05) is 28.4 Å². The Morgan fingerprint density at radius 1 is 1.14 bits per heavy atom. The maximum atomic E-state index is 14.2. The van der Waals surface area contributed by atoms with Gasteiger partial charge in [0.2, 0.25) is 5.91 Å². The third-order valence-electron chi connectivity index (χ3n) is 6.78. The van der Waals surface area contributed by atoms with Crippen LogP contribution in [0.1, 0.15) is 67.9 Å². The Morgan fingerprint density at radius 2 is 1.89 bits per heavy atom. The fourth-order valence-electron chi connectivity index (χ4n) is 5.25. The number of amides is 1. The first-order valence-electron chi connectivity index (χ1n) is 11.5. The minimum absolute atomic E-state index is 0.206. The lowest BCUT2D eigenvalue weighted by molar-refractivity contribution is -0.161. The predicted octanol–water partition coefficient (Wildman–Crippen LogP) is 6.47. The summed E-state index contributed by atoms with van der Waals surface area (Å²) in [5.74, 6) is -1.43. The molecule has 0 bridgehead atoms. The molecule has 2 heterocycles. The van der Waals surface area contributed by atoms with Crippen molar-refractivity contribution in [2.45, 2.75) is 51.1 Å². The van der Waals surface area contributed by atoms with Crippen molar-refractivity contribution in [2.24, 2.45) is 5.41 Å². The topological polar surface area (TPSA) is 83.4 Å². The van der Waals surface area contributed by atoms with Gasteiger partial charge in [-0.05, 0) is 48.2 Å². The zero-order valence-electron chi connectivity index (χ0n) is 19.6. The summed E-state index contributed by atoms with van der Waals surface area (Å²) in [4.78, 5) is 36.7. The third-order valence-corrected chi connectivity index (χ3v) is 7.27. The monoisotopic (exact) mass is 511 g/mol. The van der Waals surface area contributed by atoms with E-state index < -0.39 is 17.4 Å². The number of hydrogen-bond acceptors (Lipinski definition) is 4. The first-order chi connectivity index (χ1) is 16.7. The number of aromatic nitrogens is 2. The van der Waals surface area contributed by atoms with Crippen LogP contribution in [-0.2, 0) is 9.59 Å². The van der Waals surface area contributed by atoms with Gasteiger partial charge in [0.05, 0.1) is 35.8 Å². The highest BCUT2D eigenvalue weighted by atomic mass is 35.5. The molecule has 0 spiro atoms. The molecule has 8 heteroatoms. The number of carboxylic acid groups (broad SMARTS) is 1. The lowest BCUT2D eigenvalue weighted by atomic mass is 9.67. The maximum absolute atomic E-state index is 14.2. The summed E-state index contributed by atoms with van der Waals surface area (Å²) in [5, 5.41) is 10.9. The van der Waals surface area contributed by atoms with Crippen LogP contribution >= 0.6 is 23.2 Å². The van der Waals surface area contributed by atoms with Gasteiger partial charge in [-0.25, -0.2) is 0 Å². The number of carbonyl (C=O) groups is 2. The van der Waals surface area contributed by atoms with Gasteiger partial charge < -0.3 is 10.0 Å². The van der Waals surface area contributed by atoms with E-state index in [1.807, 2.05) is 54.3 Å². The Hall–Kier alpha value is -2.96. The molecular formula is C27H27Cl2N3O3.